The summed E-state index contributed by atoms with van der Waals surface area (Å²) in [5.41, 5.74) is 14.5. The van der Waals surface area contributed by atoms with E-state index in [0.717, 1.165) is 22.2 Å². The van der Waals surface area contributed by atoms with E-state index < -0.39 is 0 Å². The summed E-state index contributed by atoms with van der Waals surface area (Å²) in [6.45, 7) is 0.326. The molecular weight excluding hydrogens is 248 g/mol. The lowest BCUT2D eigenvalue weighted by molar-refractivity contribution is 0.687. The highest BCUT2D eigenvalue weighted by Crippen LogP contribution is 2.26. The third kappa shape index (κ3) is 2.27. The van der Waals surface area contributed by atoms with Gasteiger partial charge in [0, 0.05) is 17.5 Å². The Kier molecular flexibility index (Phi) is 3.41. The van der Waals surface area contributed by atoms with Gasteiger partial charge in [-0.25, -0.2) is 9.97 Å². The third-order valence-electron chi connectivity index (χ3n) is 3.25. The minimum atomic E-state index is -0.345. The topological polar surface area (TPSA) is 77.8 Å². The van der Waals surface area contributed by atoms with E-state index in [0.29, 0.717) is 12.4 Å². The molecule has 1 heterocycles. The molecule has 2 aromatic carbocycles. The lowest BCUT2D eigenvalue weighted by Crippen LogP contribution is -2.23. The summed E-state index contributed by atoms with van der Waals surface area (Å²) < 4.78 is 0. The van der Waals surface area contributed by atoms with Gasteiger partial charge in [-0.2, -0.15) is 0 Å². The Morgan fingerprint density at radius 1 is 0.900 bits per heavy atom. The third-order valence-corrected chi connectivity index (χ3v) is 3.25. The van der Waals surface area contributed by atoms with Crippen molar-refractivity contribution in [1.82, 2.24) is 9.97 Å². The van der Waals surface area contributed by atoms with Crippen molar-refractivity contribution < 1.29 is 0 Å². The number of fused-ring (bicyclic) bond motifs is 1. The fourth-order valence-corrected chi connectivity index (χ4v) is 2.18. The Morgan fingerprint density at radius 3 is 2.35 bits per heavy atom. The molecule has 4 nitrogen and oxygen atoms in total. The van der Waals surface area contributed by atoms with Crippen molar-refractivity contribution in [2.24, 2.45) is 11.5 Å². The Balaban J connectivity index is 2.28. The van der Waals surface area contributed by atoms with Gasteiger partial charge in [-0.05, 0) is 6.07 Å². The SMILES string of the molecule is NCC(N)c1nc(-c2ccccc2)c2ccccc2n1. The molecule has 0 radical (unpaired) electrons. The number of hydrogen-bond acceptors (Lipinski definition) is 4. The molecule has 3 aromatic rings. The van der Waals surface area contributed by atoms with Crippen LogP contribution in [-0.4, -0.2) is 16.5 Å². The molecule has 4 N–H and O–H groups in total. The van der Waals surface area contributed by atoms with Crippen LogP contribution in [0.5, 0.6) is 0 Å². The van der Waals surface area contributed by atoms with Gasteiger partial charge in [0.05, 0.1) is 17.3 Å². The van der Waals surface area contributed by atoms with Crippen molar-refractivity contribution in [3.8, 4) is 11.3 Å². The second-order valence-electron chi connectivity index (χ2n) is 4.66. The Hall–Kier alpha value is -2.30. The van der Waals surface area contributed by atoms with Crippen LogP contribution in [0.2, 0.25) is 0 Å². The predicted octanol–water partition coefficient (Wildman–Crippen LogP) is 2.26. The molecule has 0 fully saturated rings. The fraction of sp³-hybridized carbons (Fsp3) is 0.125. The lowest BCUT2D eigenvalue weighted by atomic mass is 10.1. The first kappa shape index (κ1) is 12.7. The molecule has 0 spiro atoms. The minimum absolute atomic E-state index is 0.326. The second-order valence-corrected chi connectivity index (χ2v) is 4.66. The van der Waals surface area contributed by atoms with Crippen molar-refractivity contribution in [2.75, 3.05) is 6.54 Å². The molecule has 4 heteroatoms. The zero-order valence-corrected chi connectivity index (χ0v) is 11.0. The number of aromatic nitrogens is 2. The number of benzene rings is 2. The number of rotatable bonds is 3. The molecule has 3 rings (SSSR count). The van der Waals surface area contributed by atoms with Crippen LogP contribution in [0.25, 0.3) is 22.2 Å². The van der Waals surface area contributed by atoms with Crippen LogP contribution in [0.15, 0.2) is 54.6 Å². The second kappa shape index (κ2) is 5.36. The van der Waals surface area contributed by atoms with E-state index >= 15 is 0 Å². The van der Waals surface area contributed by atoms with Gasteiger partial charge in [0.15, 0.2) is 0 Å². The molecule has 0 aliphatic heterocycles. The van der Waals surface area contributed by atoms with Gasteiger partial charge < -0.3 is 11.5 Å². The molecule has 1 aromatic heterocycles. The van der Waals surface area contributed by atoms with Gasteiger partial charge in [0.2, 0.25) is 0 Å². The molecule has 20 heavy (non-hydrogen) atoms. The van der Waals surface area contributed by atoms with Crippen molar-refractivity contribution in [3.05, 3.63) is 60.4 Å². The molecule has 1 atom stereocenters. The van der Waals surface area contributed by atoms with Crippen molar-refractivity contribution in [2.45, 2.75) is 6.04 Å². The van der Waals surface area contributed by atoms with E-state index in [1.54, 1.807) is 0 Å². The molecular formula is C16H16N4. The van der Waals surface area contributed by atoms with Crippen LogP contribution in [0.4, 0.5) is 0 Å². The maximum Gasteiger partial charge on any atom is 0.147 e. The standard InChI is InChI=1S/C16H16N4/c17-10-13(18)16-19-14-9-5-4-8-12(14)15(20-16)11-6-2-1-3-7-11/h1-9,13H,10,17-18H2. The first-order chi connectivity index (χ1) is 9.79. The summed E-state index contributed by atoms with van der Waals surface area (Å²) in [7, 11) is 0. The van der Waals surface area contributed by atoms with Gasteiger partial charge >= 0.3 is 0 Å². The highest BCUT2D eigenvalue weighted by molar-refractivity contribution is 5.92. The summed E-state index contributed by atoms with van der Waals surface area (Å²) in [6, 6.07) is 17.6. The van der Waals surface area contributed by atoms with E-state index in [1.165, 1.54) is 0 Å². The molecule has 1 unspecified atom stereocenters. The van der Waals surface area contributed by atoms with Gasteiger partial charge in [-0.15, -0.1) is 0 Å². The zero-order chi connectivity index (χ0) is 13.9. The quantitative estimate of drug-likeness (QED) is 0.760. The summed E-state index contributed by atoms with van der Waals surface area (Å²) >= 11 is 0. The highest BCUT2D eigenvalue weighted by Gasteiger charge is 2.13. The van der Waals surface area contributed by atoms with Crippen LogP contribution >= 0.6 is 0 Å². The van der Waals surface area contributed by atoms with Gasteiger partial charge in [-0.3, -0.25) is 0 Å². The average Bonchev–Trinajstić information content (AvgIpc) is 2.54. The monoisotopic (exact) mass is 264 g/mol. The number of nitrogens with two attached hydrogens (primary N) is 2. The van der Waals surface area contributed by atoms with E-state index in [2.05, 4.69) is 9.97 Å². The van der Waals surface area contributed by atoms with Crippen LogP contribution < -0.4 is 11.5 Å². The smallest absolute Gasteiger partial charge is 0.147 e. The molecule has 0 aliphatic carbocycles. The Labute approximate surface area is 117 Å². The van der Waals surface area contributed by atoms with Crippen molar-refractivity contribution in [1.29, 1.82) is 0 Å². The number of hydrogen-bond donors (Lipinski definition) is 2. The largest absolute Gasteiger partial charge is 0.328 e. The Morgan fingerprint density at radius 2 is 1.60 bits per heavy atom. The van der Waals surface area contributed by atoms with E-state index in [4.69, 9.17) is 11.5 Å². The zero-order valence-electron chi connectivity index (χ0n) is 11.0. The van der Waals surface area contributed by atoms with Crippen molar-refractivity contribution in [3.63, 3.8) is 0 Å². The van der Waals surface area contributed by atoms with E-state index in [-0.39, 0.29) is 6.04 Å². The van der Waals surface area contributed by atoms with Gasteiger partial charge in [0.25, 0.3) is 0 Å². The molecule has 100 valence electrons. The van der Waals surface area contributed by atoms with Crippen LogP contribution in [-0.2, 0) is 0 Å². The van der Waals surface area contributed by atoms with Crippen LogP contribution in [0, 0.1) is 0 Å². The first-order valence-corrected chi connectivity index (χ1v) is 6.57. The minimum Gasteiger partial charge on any atom is -0.328 e. The summed E-state index contributed by atoms with van der Waals surface area (Å²) in [5, 5.41) is 1.02. The maximum atomic E-state index is 5.98. The van der Waals surface area contributed by atoms with E-state index in [9.17, 15) is 0 Å². The summed E-state index contributed by atoms with van der Waals surface area (Å²) in [5.74, 6) is 0.588. The summed E-state index contributed by atoms with van der Waals surface area (Å²) in [4.78, 5) is 9.14. The normalized spacial score (nSPS) is 12.5. The highest BCUT2D eigenvalue weighted by atomic mass is 14.9. The molecule has 0 saturated heterocycles. The first-order valence-electron chi connectivity index (χ1n) is 6.57. The maximum absolute atomic E-state index is 5.98. The van der Waals surface area contributed by atoms with Crippen LogP contribution in [0.3, 0.4) is 0 Å². The lowest BCUT2D eigenvalue weighted by Gasteiger charge is -2.12. The van der Waals surface area contributed by atoms with Gasteiger partial charge in [-0.1, -0.05) is 48.5 Å². The van der Waals surface area contributed by atoms with E-state index in [1.807, 2.05) is 54.6 Å². The van der Waals surface area contributed by atoms with Crippen LogP contribution in [0.1, 0.15) is 11.9 Å². The van der Waals surface area contributed by atoms with Gasteiger partial charge in [0.1, 0.15) is 5.82 Å². The predicted molar refractivity (Wildman–Crippen MR) is 81.0 cm³/mol. The van der Waals surface area contributed by atoms with Crippen molar-refractivity contribution >= 4 is 10.9 Å². The molecule has 0 aliphatic rings. The molecule has 0 bridgehead atoms. The Bertz CT molecular complexity index is 725. The number of nitrogens with zero attached hydrogens (tertiary/aromatic N) is 2. The fourth-order valence-electron chi connectivity index (χ4n) is 2.18. The average molecular weight is 264 g/mol. The summed E-state index contributed by atoms with van der Waals surface area (Å²) in [6.07, 6.45) is 0. The number of para-hydroxylation sites is 1. The molecule has 0 amide bonds. The molecule has 0 saturated carbocycles.